The lowest BCUT2D eigenvalue weighted by molar-refractivity contribution is 1.07. The number of hydrogen-bond acceptors (Lipinski definition) is 6. The van der Waals surface area contributed by atoms with Crippen molar-refractivity contribution in [2.24, 2.45) is 0 Å². The van der Waals surface area contributed by atoms with Crippen LogP contribution >= 0.6 is 0 Å². The van der Waals surface area contributed by atoms with Gasteiger partial charge < -0.3 is 9.13 Å². The van der Waals surface area contributed by atoms with Crippen LogP contribution in [0.2, 0.25) is 0 Å². The van der Waals surface area contributed by atoms with Crippen LogP contribution in [0.3, 0.4) is 0 Å². The predicted octanol–water partition coefficient (Wildman–Crippen LogP) is 24.9. The quantitative estimate of drug-likeness (QED) is 0.143. The van der Waals surface area contributed by atoms with Crippen molar-refractivity contribution in [3.05, 3.63) is 352 Å². The zero-order chi connectivity index (χ0) is 69.5. The molecule has 4 heterocycles. The van der Waals surface area contributed by atoms with E-state index in [1.165, 1.54) is 99.1 Å². The minimum atomic E-state index is 0.583. The Bertz CT molecular complexity index is 7050. The lowest BCUT2D eigenvalue weighted by Crippen LogP contribution is -2.01. The molecule has 16 aromatic carbocycles. The van der Waals surface area contributed by atoms with Crippen LogP contribution in [0.1, 0.15) is 0 Å². The Kier molecular flexibility index (Phi) is 13.2. The van der Waals surface area contributed by atoms with Crippen LogP contribution in [0.5, 0.6) is 0 Å². The van der Waals surface area contributed by atoms with Gasteiger partial charge in [0.15, 0.2) is 34.9 Å². The Morgan fingerprint density at radius 1 is 0.179 bits per heavy atom. The summed E-state index contributed by atoms with van der Waals surface area (Å²) in [7, 11) is 0. The van der Waals surface area contributed by atoms with Crippen molar-refractivity contribution in [3.63, 3.8) is 0 Å². The Morgan fingerprint density at radius 3 is 1.04 bits per heavy atom. The predicted molar refractivity (Wildman–Crippen MR) is 435 cm³/mol. The number of aromatic nitrogens is 8. The van der Waals surface area contributed by atoms with Gasteiger partial charge >= 0.3 is 0 Å². The van der Waals surface area contributed by atoms with E-state index in [2.05, 4.69) is 343 Å². The summed E-state index contributed by atoms with van der Waals surface area (Å²) >= 11 is 0. The number of benzene rings is 16. The molecule has 22 rings (SSSR count). The second-order valence-corrected chi connectivity index (χ2v) is 27.7. The molecule has 20 aromatic rings. The fourth-order valence-corrected chi connectivity index (χ4v) is 16.6. The normalized spacial score (nSPS) is 12.0. The van der Waals surface area contributed by atoms with E-state index in [1.807, 2.05) is 18.2 Å². The highest BCUT2D eigenvalue weighted by Crippen LogP contribution is 2.53. The molecule has 0 N–H and O–H groups in total. The first-order valence-electron chi connectivity index (χ1n) is 36.0. The number of hydrogen-bond donors (Lipinski definition) is 0. The van der Waals surface area contributed by atoms with Crippen LogP contribution in [0.25, 0.3) is 222 Å². The molecule has 2 aliphatic carbocycles. The van der Waals surface area contributed by atoms with Crippen LogP contribution in [-0.2, 0) is 0 Å². The van der Waals surface area contributed by atoms with E-state index in [1.54, 1.807) is 0 Å². The minimum Gasteiger partial charge on any atom is -0.316 e. The van der Waals surface area contributed by atoms with Crippen LogP contribution in [0.4, 0.5) is 0 Å². The van der Waals surface area contributed by atoms with Crippen molar-refractivity contribution < 1.29 is 0 Å². The van der Waals surface area contributed by atoms with Crippen molar-refractivity contribution in [2.75, 3.05) is 0 Å². The van der Waals surface area contributed by atoms with Crippen molar-refractivity contribution in [3.8, 4) is 158 Å². The number of nitrogens with zero attached hydrogens (tertiary/aromatic N) is 8. The average molecular weight is 1350 g/mol. The summed E-state index contributed by atoms with van der Waals surface area (Å²) in [5.41, 5.74) is 26.6. The zero-order valence-electron chi connectivity index (χ0n) is 57.1. The SMILES string of the molecule is c1ccc(-c2nc(-c3ccc(-c4ccc(-c5nc(-c6ccc(-n7cc8c9c(cccc97)-c7ccccc7-c7cc9ccccc9cc7-8)cc6)nc(-c6ccc7ccccc7c6)n5)cc4)cc3)nc(-c3ccc(-n4cc5c6c(cccc64)-c4ccccc4-c4cc6ccccc6cc4-5)c4ccccc34)n2)cc1. The van der Waals surface area contributed by atoms with E-state index in [9.17, 15) is 0 Å². The van der Waals surface area contributed by atoms with Gasteiger partial charge in [0, 0.05) is 78.7 Å². The van der Waals surface area contributed by atoms with Gasteiger partial charge in [-0.1, -0.05) is 261 Å². The molecule has 0 atom stereocenters. The highest BCUT2D eigenvalue weighted by atomic mass is 15.0. The van der Waals surface area contributed by atoms with Gasteiger partial charge in [-0.05, 0) is 183 Å². The van der Waals surface area contributed by atoms with Gasteiger partial charge in [0.05, 0.1) is 16.7 Å². The highest BCUT2D eigenvalue weighted by molar-refractivity contribution is 6.18. The zero-order valence-corrected chi connectivity index (χ0v) is 57.1. The Labute approximate surface area is 609 Å². The smallest absolute Gasteiger partial charge is 0.164 e. The van der Waals surface area contributed by atoms with Gasteiger partial charge in [0.25, 0.3) is 0 Å². The third-order valence-corrected chi connectivity index (χ3v) is 21.8. The summed E-state index contributed by atoms with van der Waals surface area (Å²) in [6.07, 6.45) is 4.68. The third-order valence-electron chi connectivity index (χ3n) is 21.8. The third kappa shape index (κ3) is 9.55. The molecule has 0 saturated carbocycles. The molecule has 2 aliphatic rings. The first-order valence-corrected chi connectivity index (χ1v) is 36.0. The Morgan fingerprint density at radius 2 is 0.528 bits per heavy atom. The molecule has 0 fully saturated rings. The van der Waals surface area contributed by atoms with Crippen LogP contribution < -0.4 is 0 Å². The number of rotatable bonds is 9. The molecule has 4 aromatic heterocycles. The summed E-state index contributed by atoms with van der Waals surface area (Å²) in [6.45, 7) is 0. The van der Waals surface area contributed by atoms with Crippen LogP contribution in [-0.4, -0.2) is 39.0 Å². The summed E-state index contributed by atoms with van der Waals surface area (Å²) in [4.78, 5) is 31.6. The molecule has 8 nitrogen and oxygen atoms in total. The summed E-state index contributed by atoms with van der Waals surface area (Å²) in [6, 6.07) is 122. The molecule has 0 spiro atoms. The van der Waals surface area contributed by atoms with Crippen LogP contribution in [0.15, 0.2) is 352 Å². The van der Waals surface area contributed by atoms with Gasteiger partial charge in [-0.25, -0.2) is 29.9 Å². The molecular formula is C98H58N8. The van der Waals surface area contributed by atoms with Crippen molar-refractivity contribution in [1.82, 2.24) is 39.0 Å². The molecule has 0 unspecified atom stereocenters. The first-order chi connectivity index (χ1) is 52.5. The van der Waals surface area contributed by atoms with E-state index >= 15 is 0 Å². The van der Waals surface area contributed by atoms with Crippen LogP contribution in [0, 0.1) is 0 Å². The first kappa shape index (κ1) is 59.4. The lowest BCUT2D eigenvalue weighted by Gasteiger charge is -2.15. The van der Waals surface area contributed by atoms with E-state index in [0.29, 0.717) is 34.9 Å². The minimum absolute atomic E-state index is 0.583. The standard InChI is InChI=1S/C98H58N8/c1-2-19-62(20-3-1)93-99-96(104-98(103-93)81-50-51-88(78-31-15-14-30-77(78)81)106-58-87-85-56-70-25-9-7-23-68(70)54-83(85)76-29-13-11-27-74(76)80-33-17-35-90(106)92(80)87)64-43-38-61(39-44-64)60-36-41-63(42-37-60)94-100-95(102-97(101-94)71-45-40-59-18-4-5-21-66(59)52-71)65-46-48-72(49-47-65)105-57-86-84-55-69-24-8-6-22-67(69)53-82(84)75-28-12-10-26-73(75)79-32-16-34-89(105)91(79)86/h1-58H. The fraction of sp³-hybridized carbons (Fsp3) is 0. The van der Waals surface area contributed by atoms with Crippen molar-refractivity contribution in [2.45, 2.75) is 0 Å². The highest BCUT2D eigenvalue weighted by Gasteiger charge is 2.28. The molecule has 106 heavy (non-hydrogen) atoms. The summed E-state index contributed by atoms with van der Waals surface area (Å²) in [5, 5.41) is 11.8. The van der Waals surface area contributed by atoms with Crippen molar-refractivity contribution in [1.29, 1.82) is 0 Å². The maximum Gasteiger partial charge on any atom is 0.164 e. The maximum absolute atomic E-state index is 5.35. The van der Waals surface area contributed by atoms with Gasteiger partial charge in [-0.3, -0.25) is 0 Å². The van der Waals surface area contributed by atoms with E-state index in [0.717, 1.165) is 88.5 Å². The lowest BCUT2D eigenvalue weighted by atomic mass is 9.91. The van der Waals surface area contributed by atoms with Crippen molar-refractivity contribution >= 4 is 64.9 Å². The molecule has 0 saturated heterocycles. The largest absolute Gasteiger partial charge is 0.316 e. The maximum atomic E-state index is 5.35. The molecular weight excluding hydrogens is 1290 g/mol. The molecule has 8 heteroatoms. The molecule has 0 amide bonds. The van der Waals surface area contributed by atoms with Gasteiger partial charge in [-0.15, -0.1) is 0 Å². The topological polar surface area (TPSA) is 87.2 Å². The Balaban J connectivity index is 0.601. The second-order valence-electron chi connectivity index (χ2n) is 27.7. The molecule has 0 bridgehead atoms. The number of fused-ring (bicyclic) bond motifs is 14. The Hall–Kier alpha value is -14.3. The fourth-order valence-electron chi connectivity index (χ4n) is 16.6. The average Bonchev–Trinajstić information content (AvgIpc) is 1.56. The van der Waals surface area contributed by atoms with E-state index in [-0.39, 0.29) is 0 Å². The monoisotopic (exact) mass is 1350 g/mol. The van der Waals surface area contributed by atoms with E-state index < -0.39 is 0 Å². The summed E-state index contributed by atoms with van der Waals surface area (Å²) in [5.74, 6) is 3.55. The molecule has 0 radical (unpaired) electrons. The molecule has 490 valence electrons. The van der Waals surface area contributed by atoms with E-state index in [4.69, 9.17) is 29.9 Å². The molecule has 0 aliphatic heterocycles. The van der Waals surface area contributed by atoms with Gasteiger partial charge in [-0.2, -0.15) is 0 Å². The van der Waals surface area contributed by atoms with Gasteiger partial charge in [0.1, 0.15) is 0 Å². The summed E-state index contributed by atoms with van der Waals surface area (Å²) < 4.78 is 4.72. The second kappa shape index (κ2) is 23.6. The van der Waals surface area contributed by atoms with Gasteiger partial charge in [0.2, 0.25) is 0 Å².